The van der Waals surface area contributed by atoms with Crippen molar-refractivity contribution in [1.82, 2.24) is 0 Å². The average Bonchev–Trinajstić information content (AvgIpc) is 3.01. The molecule has 2 N–H and O–H groups in total. The summed E-state index contributed by atoms with van der Waals surface area (Å²) in [5, 5.41) is 13.8. The van der Waals surface area contributed by atoms with Crippen LogP contribution in [-0.2, 0) is 9.59 Å². The van der Waals surface area contributed by atoms with E-state index in [9.17, 15) is 9.59 Å². The summed E-state index contributed by atoms with van der Waals surface area (Å²) in [5.41, 5.74) is 1.26. The van der Waals surface area contributed by atoms with Crippen LogP contribution in [0.15, 0.2) is 36.4 Å². The van der Waals surface area contributed by atoms with Gasteiger partial charge in [-0.3, -0.25) is 9.59 Å². The fourth-order valence-corrected chi connectivity index (χ4v) is 2.47. The molecule has 5 heteroatoms. The highest BCUT2D eigenvalue weighted by atomic mass is 16.2. The second-order valence-electron chi connectivity index (χ2n) is 5.35. The highest BCUT2D eigenvalue weighted by Crippen LogP contribution is 2.25. The van der Waals surface area contributed by atoms with E-state index >= 15 is 0 Å². The number of allylic oxidation sites excluding steroid dienone is 1. The first-order valence-electron chi connectivity index (χ1n) is 7.43. The van der Waals surface area contributed by atoms with Crippen LogP contribution in [0.2, 0.25) is 0 Å². The van der Waals surface area contributed by atoms with E-state index in [4.69, 9.17) is 5.26 Å². The first-order valence-corrected chi connectivity index (χ1v) is 7.43. The lowest BCUT2D eigenvalue weighted by atomic mass is 10.1. The Bertz CT molecular complexity index is 593. The van der Waals surface area contributed by atoms with Crippen LogP contribution in [0.25, 0.3) is 0 Å². The topological polar surface area (TPSA) is 82.0 Å². The van der Waals surface area contributed by atoms with E-state index in [1.165, 1.54) is 25.7 Å². The van der Waals surface area contributed by atoms with E-state index in [1.807, 2.05) is 6.08 Å². The van der Waals surface area contributed by atoms with Crippen LogP contribution in [-0.4, -0.2) is 11.8 Å². The highest BCUT2D eigenvalue weighted by Gasteiger charge is 2.11. The van der Waals surface area contributed by atoms with E-state index in [1.54, 1.807) is 36.4 Å². The molecule has 1 fully saturated rings. The van der Waals surface area contributed by atoms with Crippen molar-refractivity contribution in [3.05, 3.63) is 36.4 Å². The molecular weight excluding hydrogens is 278 g/mol. The van der Waals surface area contributed by atoms with Crippen LogP contribution >= 0.6 is 0 Å². The number of nitriles is 1. The predicted octanol–water partition coefficient (Wildman–Crippen LogP) is 3.22. The fraction of sp³-hybridized carbons (Fsp3) is 0.353. The number of hydrogen-bond donors (Lipinski definition) is 2. The summed E-state index contributed by atoms with van der Waals surface area (Å²) in [6.45, 7) is 0. The zero-order valence-electron chi connectivity index (χ0n) is 12.3. The van der Waals surface area contributed by atoms with Gasteiger partial charge in [0.25, 0.3) is 0 Å². The minimum atomic E-state index is -0.348. The Morgan fingerprint density at radius 3 is 2.32 bits per heavy atom. The zero-order chi connectivity index (χ0) is 15.8. The molecule has 0 unspecified atom stereocenters. The minimum absolute atomic E-state index is 0.145. The third kappa shape index (κ3) is 5.06. The van der Waals surface area contributed by atoms with Gasteiger partial charge < -0.3 is 10.6 Å². The van der Waals surface area contributed by atoms with E-state index in [-0.39, 0.29) is 18.2 Å². The molecule has 1 aliphatic carbocycles. The number of nitrogens with zero attached hydrogens (tertiary/aromatic N) is 1. The molecule has 0 spiro atoms. The molecule has 0 aromatic heterocycles. The Morgan fingerprint density at radius 2 is 1.73 bits per heavy atom. The van der Waals surface area contributed by atoms with Crippen molar-refractivity contribution < 1.29 is 9.59 Å². The van der Waals surface area contributed by atoms with Gasteiger partial charge in [-0.2, -0.15) is 5.26 Å². The molecule has 22 heavy (non-hydrogen) atoms. The van der Waals surface area contributed by atoms with Gasteiger partial charge >= 0.3 is 0 Å². The van der Waals surface area contributed by atoms with Gasteiger partial charge in [-0.1, -0.05) is 18.9 Å². The first-order chi connectivity index (χ1) is 10.7. The van der Waals surface area contributed by atoms with Crippen molar-refractivity contribution in [2.45, 2.75) is 32.1 Å². The number of amides is 2. The van der Waals surface area contributed by atoms with Crippen LogP contribution in [0, 0.1) is 17.2 Å². The number of benzene rings is 1. The maximum Gasteiger partial charge on any atom is 0.248 e. The standard InChI is InChI=1S/C17H19N3O2/c18-12-11-17(22)20-15-8-6-14(7-9-15)19-16(21)10-5-13-3-1-2-4-13/h5-10,13H,1-4,11H2,(H,19,21)(H,20,22)/b10-5+. The zero-order valence-corrected chi connectivity index (χ0v) is 12.3. The van der Waals surface area contributed by atoms with Gasteiger partial charge in [-0.25, -0.2) is 0 Å². The van der Waals surface area contributed by atoms with E-state index in [0.717, 1.165) is 0 Å². The van der Waals surface area contributed by atoms with Gasteiger partial charge in [0, 0.05) is 11.4 Å². The Labute approximate surface area is 130 Å². The lowest BCUT2D eigenvalue weighted by Gasteiger charge is -2.06. The molecule has 5 nitrogen and oxygen atoms in total. The van der Waals surface area contributed by atoms with Crippen LogP contribution in [0.4, 0.5) is 11.4 Å². The summed E-state index contributed by atoms with van der Waals surface area (Å²) in [5.74, 6) is 0.0374. The number of hydrogen-bond acceptors (Lipinski definition) is 3. The molecule has 2 amide bonds. The van der Waals surface area contributed by atoms with E-state index < -0.39 is 0 Å². The second-order valence-corrected chi connectivity index (χ2v) is 5.35. The Kier molecular flexibility index (Phi) is 5.73. The number of nitrogens with one attached hydrogen (secondary N) is 2. The summed E-state index contributed by atoms with van der Waals surface area (Å²) in [6.07, 6.45) is 8.23. The van der Waals surface area contributed by atoms with Crippen molar-refractivity contribution in [3.63, 3.8) is 0 Å². The van der Waals surface area contributed by atoms with Crippen molar-refractivity contribution in [1.29, 1.82) is 5.26 Å². The van der Waals surface area contributed by atoms with Gasteiger partial charge in [0.1, 0.15) is 6.42 Å². The number of rotatable bonds is 5. The SMILES string of the molecule is N#CCC(=O)Nc1ccc(NC(=O)/C=C/C2CCCC2)cc1. The monoisotopic (exact) mass is 297 g/mol. The molecule has 0 bridgehead atoms. The van der Waals surface area contributed by atoms with Gasteiger partial charge in [0.2, 0.25) is 11.8 Å². The summed E-state index contributed by atoms with van der Waals surface area (Å²) in [4.78, 5) is 23.1. The average molecular weight is 297 g/mol. The second kappa shape index (κ2) is 7.99. The smallest absolute Gasteiger partial charge is 0.248 e. The molecule has 1 saturated carbocycles. The van der Waals surface area contributed by atoms with Gasteiger partial charge in [0.15, 0.2) is 0 Å². The number of carbonyl (C=O) groups is 2. The maximum absolute atomic E-state index is 11.8. The summed E-state index contributed by atoms with van der Waals surface area (Å²) in [7, 11) is 0. The first kappa shape index (κ1) is 15.8. The van der Waals surface area contributed by atoms with Crippen LogP contribution in [0.5, 0.6) is 0 Å². The van der Waals surface area contributed by atoms with Crippen molar-refractivity contribution >= 4 is 23.2 Å². The maximum atomic E-state index is 11.8. The van der Waals surface area contributed by atoms with Crippen molar-refractivity contribution in [3.8, 4) is 6.07 Å². The van der Waals surface area contributed by atoms with E-state index in [0.29, 0.717) is 17.3 Å². The molecular formula is C17H19N3O2. The lowest BCUT2D eigenvalue weighted by molar-refractivity contribution is -0.115. The summed E-state index contributed by atoms with van der Waals surface area (Å²) >= 11 is 0. The molecule has 2 rings (SSSR count). The molecule has 1 aliphatic rings. The molecule has 1 aromatic carbocycles. The number of carbonyl (C=O) groups excluding carboxylic acids is 2. The third-order valence-electron chi connectivity index (χ3n) is 3.60. The van der Waals surface area contributed by atoms with Gasteiger partial charge in [0.05, 0.1) is 6.07 Å². The fourth-order valence-electron chi connectivity index (χ4n) is 2.47. The Morgan fingerprint density at radius 1 is 1.14 bits per heavy atom. The molecule has 114 valence electrons. The molecule has 0 aliphatic heterocycles. The lowest BCUT2D eigenvalue weighted by Crippen LogP contribution is -2.11. The largest absolute Gasteiger partial charge is 0.325 e. The molecule has 0 heterocycles. The Hall–Kier alpha value is -2.61. The van der Waals surface area contributed by atoms with Crippen LogP contribution < -0.4 is 10.6 Å². The van der Waals surface area contributed by atoms with Crippen molar-refractivity contribution in [2.75, 3.05) is 10.6 Å². The minimum Gasteiger partial charge on any atom is -0.325 e. The Balaban J connectivity index is 1.84. The van der Waals surface area contributed by atoms with Crippen LogP contribution in [0.1, 0.15) is 32.1 Å². The number of anilines is 2. The summed E-state index contributed by atoms with van der Waals surface area (Å²) < 4.78 is 0. The van der Waals surface area contributed by atoms with Gasteiger partial charge in [-0.05, 0) is 49.1 Å². The molecule has 0 radical (unpaired) electrons. The van der Waals surface area contributed by atoms with Crippen molar-refractivity contribution in [2.24, 2.45) is 5.92 Å². The molecule has 0 atom stereocenters. The highest BCUT2D eigenvalue weighted by molar-refractivity contribution is 5.99. The van der Waals surface area contributed by atoms with Gasteiger partial charge in [-0.15, -0.1) is 0 Å². The predicted molar refractivity (Wildman–Crippen MR) is 85.0 cm³/mol. The quantitative estimate of drug-likeness (QED) is 0.819. The van der Waals surface area contributed by atoms with Crippen LogP contribution in [0.3, 0.4) is 0 Å². The van der Waals surface area contributed by atoms with E-state index in [2.05, 4.69) is 10.6 Å². The molecule has 0 saturated heterocycles. The summed E-state index contributed by atoms with van der Waals surface area (Å²) in [6, 6.07) is 8.58. The normalized spacial score (nSPS) is 14.7. The third-order valence-corrected chi connectivity index (χ3v) is 3.60. The molecule has 1 aromatic rings.